The highest BCUT2D eigenvalue weighted by molar-refractivity contribution is 6.30. The van der Waals surface area contributed by atoms with Gasteiger partial charge >= 0.3 is 0 Å². The fourth-order valence-corrected chi connectivity index (χ4v) is 4.71. The summed E-state index contributed by atoms with van der Waals surface area (Å²) in [5, 5.41) is 1.81. The summed E-state index contributed by atoms with van der Waals surface area (Å²) in [5.74, 6) is 0.563. The Morgan fingerprint density at radius 1 is 1.23 bits per heavy atom. The number of hydroxylamine groups is 2. The lowest BCUT2D eigenvalue weighted by Gasteiger charge is -2.47. The van der Waals surface area contributed by atoms with Crippen LogP contribution in [0.5, 0.6) is 5.75 Å². The Morgan fingerprint density at radius 2 is 2.07 bits per heavy atom. The van der Waals surface area contributed by atoms with E-state index in [1.54, 1.807) is 13.1 Å². The Bertz CT molecular complexity index is 1020. The van der Waals surface area contributed by atoms with Gasteiger partial charge in [-0.2, -0.15) is 0 Å². The van der Waals surface area contributed by atoms with Crippen molar-refractivity contribution in [2.24, 2.45) is 10.7 Å². The molecule has 3 heterocycles. The van der Waals surface area contributed by atoms with E-state index >= 15 is 0 Å². The number of aliphatic imine (C=N–C) groups is 1. The molecule has 1 saturated heterocycles. The van der Waals surface area contributed by atoms with Gasteiger partial charge in [0.2, 0.25) is 11.7 Å². The molecule has 2 aromatic carbocycles. The number of nitrogens with two attached hydrogens (primary N) is 1. The standard InChI is InChI=1S/C22H23ClFN3O3/c1-13-5-6-21(12-28-13)11-22(26-20(25)27(2)30-22)18-9-14(3-4-19(18)29-21)15-7-16(23)10-17(24)8-15/h3-4,7-10,13H,5-6,11-12H2,1-2H3,(H2,25,26)/t13?,21-,22-/m1/s1. The maximum atomic E-state index is 13.9. The van der Waals surface area contributed by atoms with E-state index in [2.05, 4.69) is 6.92 Å². The minimum Gasteiger partial charge on any atom is -0.484 e. The van der Waals surface area contributed by atoms with Gasteiger partial charge in [-0.05, 0) is 61.2 Å². The van der Waals surface area contributed by atoms with Gasteiger partial charge in [-0.25, -0.2) is 19.3 Å². The predicted octanol–water partition coefficient (Wildman–Crippen LogP) is 4.21. The van der Waals surface area contributed by atoms with Crippen LogP contribution in [-0.4, -0.2) is 36.4 Å². The molecule has 0 aromatic heterocycles. The Morgan fingerprint density at radius 3 is 2.73 bits per heavy atom. The molecule has 3 aliphatic heterocycles. The number of benzene rings is 2. The molecule has 2 aromatic rings. The second kappa shape index (κ2) is 6.83. The summed E-state index contributed by atoms with van der Waals surface area (Å²) >= 11 is 6.06. The van der Waals surface area contributed by atoms with Crippen molar-refractivity contribution in [1.29, 1.82) is 0 Å². The third-order valence-corrected chi connectivity index (χ3v) is 6.25. The van der Waals surface area contributed by atoms with E-state index in [9.17, 15) is 4.39 Å². The fourth-order valence-electron chi connectivity index (χ4n) is 4.49. The van der Waals surface area contributed by atoms with Crippen LogP contribution in [0.25, 0.3) is 11.1 Å². The van der Waals surface area contributed by atoms with Gasteiger partial charge in [0.25, 0.3) is 0 Å². The molecule has 2 spiro atoms. The molecule has 3 aliphatic rings. The van der Waals surface area contributed by atoms with Crippen LogP contribution in [0.2, 0.25) is 5.02 Å². The van der Waals surface area contributed by atoms with Gasteiger partial charge in [-0.1, -0.05) is 17.7 Å². The summed E-state index contributed by atoms with van der Waals surface area (Å²) < 4.78 is 26.3. The highest BCUT2D eigenvalue weighted by atomic mass is 35.5. The molecule has 2 N–H and O–H groups in total. The molecule has 5 rings (SSSR count). The molecule has 6 nitrogen and oxygen atoms in total. The molecule has 0 amide bonds. The van der Waals surface area contributed by atoms with Crippen LogP contribution >= 0.6 is 11.6 Å². The summed E-state index contributed by atoms with van der Waals surface area (Å²) in [6, 6.07) is 10.1. The van der Waals surface area contributed by atoms with Gasteiger partial charge in [0, 0.05) is 18.5 Å². The first-order chi connectivity index (χ1) is 14.3. The van der Waals surface area contributed by atoms with Crippen molar-refractivity contribution in [2.45, 2.75) is 43.6 Å². The van der Waals surface area contributed by atoms with Gasteiger partial charge in [0.1, 0.15) is 17.2 Å². The zero-order valence-corrected chi connectivity index (χ0v) is 17.6. The average molecular weight is 432 g/mol. The van der Waals surface area contributed by atoms with Crippen molar-refractivity contribution >= 4 is 17.6 Å². The third-order valence-electron chi connectivity index (χ3n) is 6.03. The van der Waals surface area contributed by atoms with E-state index in [1.165, 1.54) is 17.2 Å². The number of hydrogen-bond donors (Lipinski definition) is 1. The molecule has 0 aliphatic carbocycles. The van der Waals surface area contributed by atoms with Gasteiger partial charge in [-0.3, -0.25) is 0 Å². The Labute approximate surface area is 179 Å². The summed E-state index contributed by atoms with van der Waals surface area (Å²) in [4.78, 5) is 10.9. The minimum absolute atomic E-state index is 0.192. The summed E-state index contributed by atoms with van der Waals surface area (Å²) in [5.41, 5.74) is 6.71. The number of fused-ring (bicyclic) bond motifs is 2. The van der Waals surface area contributed by atoms with Crippen molar-refractivity contribution in [3.05, 3.63) is 52.8 Å². The highest BCUT2D eigenvalue weighted by Crippen LogP contribution is 2.52. The molecule has 8 heteroatoms. The monoisotopic (exact) mass is 431 g/mol. The maximum Gasteiger partial charge on any atom is 0.222 e. The molecule has 3 atom stereocenters. The third kappa shape index (κ3) is 3.21. The van der Waals surface area contributed by atoms with Gasteiger partial charge in [0.05, 0.1) is 18.3 Å². The summed E-state index contributed by atoms with van der Waals surface area (Å²) in [6.45, 7) is 2.52. The molecule has 158 valence electrons. The Balaban J connectivity index is 1.62. The largest absolute Gasteiger partial charge is 0.484 e. The van der Waals surface area contributed by atoms with Crippen molar-refractivity contribution in [3.8, 4) is 16.9 Å². The summed E-state index contributed by atoms with van der Waals surface area (Å²) in [7, 11) is 1.73. The first kappa shape index (κ1) is 19.6. The first-order valence-corrected chi connectivity index (χ1v) is 10.4. The zero-order valence-electron chi connectivity index (χ0n) is 16.8. The number of hydrogen-bond acceptors (Lipinski definition) is 6. The van der Waals surface area contributed by atoms with E-state index < -0.39 is 17.1 Å². The quantitative estimate of drug-likeness (QED) is 0.732. The van der Waals surface area contributed by atoms with Crippen LogP contribution in [0.15, 0.2) is 41.4 Å². The van der Waals surface area contributed by atoms with Crippen LogP contribution in [-0.2, 0) is 15.3 Å². The van der Waals surface area contributed by atoms with Crippen LogP contribution < -0.4 is 10.5 Å². The number of ether oxygens (including phenoxy) is 2. The lowest BCUT2D eigenvalue weighted by molar-refractivity contribution is -0.220. The number of guanidine groups is 1. The van der Waals surface area contributed by atoms with E-state index in [4.69, 9.17) is 36.6 Å². The smallest absolute Gasteiger partial charge is 0.222 e. The molecule has 30 heavy (non-hydrogen) atoms. The lowest BCUT2D eigenvalue weighted by atomic mass is 9.80. The van der Waals surface area contributed by atoms with Crippen molar-refractivity contribution in [3.63, 3.8) is 0 Å². The topological polar surface area (TPSA) is 69.3 Å². The second-order valence-electron chi connectivity index (χ2n) is 8.33. The average Bonchev–Trinajstić information content (AvgIpc) is 2.97. The van der Waals surface area contributed by atoms with E-state index in [0.29, 0.717) is 35.3 Å². The maximum absolute atomic E-state index is 13.9. The van der Waals surface area contributed by atoms with Gasteiger partial charge in [-0.15, -0.1) is 0 Å². The van der Waals surface area contributed by atoms with Crippen LogP contribution in [0.4, 0.5) is 4.39 Å². The van der Waals surface area contributed by atoms with E-state index in [0.717, 1.165) is 24.0 Å². The van der Waals surface area contributed by atoms with Crippen molar-refractivity contribution < 1.29 is 18.7 Å². The van der Waals surface area contributed by atoms with E-state index in [-0.39, 0.29) is 6.10 Å². The van der Waals surface area contributed by atoms with Crippen LogP contribution in [0.1, 0.15) is 31.7 Å². The predicted molar refractivity (Wildman–Crippen MR) is 112 cm³/mol. The first-order valence-electron chi connectivity index (χ1n) is 9.97. The second-order valence-corrected chi connectivity index (χ2v) is 8.77. The molecule has 0 radical (unpaired) electrons. The lowest BCUT2D eigenvalue weighted by Crippen LogP contribution is -2.54. The molecular formula is C22H23ClFN3O3. The SMILES string of the molecule is CC1CC[C@]2(CO1)C[C@]1(N=C(N)N(C)O1)c1cc(-c3cc(F)cc(Cl)c3)ccc1O2. The molecule has 1 unspecified atom stereocenters. The van der Waals surface area contributed by atoms with Crippen molar-refractivity contribution in [1.82, 2.24) is 5.06 Å². The minimum atomic E-state index is -1.02. The van der Waals surface area contributed by atoms with Crippen LogP contribution in [0.3, 0.4) is 0 Å². The number of nitrogens with zero attached hydrogens (tertiary/aromatic N) is 2. The Kier molecular flexibility index (Phi) is 4.47. The van der Waals surface area contributed by atoms with E-state index in [1.807, 2.05) is 18.2 Å². The zero-order chi connectivity index (χ0) is 21.1. The Hall–Kier alpha value is -2.35. The normalized spacial score (nSPS) is 30.3. The fraction of sp³-hybridized carbons (Fsp3) is 0.409. The van der Waals surface area contributed by atoms with Gasteiger partial charge in [0.15, 0.2) is 0 Å². The highest BCUT2D eigenvalue weighted by Gasteiger charge is 2.55. The molecule has 1 fully saturated rings. The molecule has 0 bridgehead atoms. The number of rotatable bonds is 1. The molecular weight excluding hydrogens is 409 g/mol. The summed E-state index contributed by atoms with van der Waals surface area (Å²) in [6.07, 6.45) is 2.38. The number of halogens is 2. The van der Waals surface area contributed by atoms with Crippen LogP contribution in [0, 0.1) is 5.82 Å². The van der Waals surface area contributed by atoms with Gasteiger partial charge < -0.3 is 15.2 Å². The molecule has 0 saturated carbocycles. The van der Waals surface area contributed by atoms with Crippen molar-refractivity contribution in [2.75, 3.05) is 13.7 Å².